The molecule has 4 nitrogen and oxygen atoms in total. The zero-order valence-corrected chi connectivity index (χ0v) is 18.2. The summed E-state index contributed by atoms with van der Waals surface area (Å²) in [6.45, 7) is 0.667. The van der Waals surface area contributed by atoms with E-state index in [4.69, 9.17) is 15.2 Å². The van der Waals surface area contributed by atoms with Crippen LogP contribution in [0, 0.1) is 17.7 Å². The molecule has 2 aromatic rings. The molecule has 31 heavy (non-hydrogen) atoms. The molecule has 1 unspecified atom stereocenters. The number of hydrogen-bond acceptors (Lipinski definition) is 3. The number of methoxy groups -OCH3 is 1. The number of nitrogens with two attached hydrogens (primary N) is 1. The Balaban J connectivity index is 1.31. The van der Waals surface area contributed by atoms with Crippen molar-refractivity contribution in [3.05, 3.63) is 59.4 Å². The number of amides is 1. The van der Waals surface area contributed by atoms with Crippen molar-refractivity contribution in [1.29, 1.82) is 0 Å². The molecule has 0 aliphatic heterocycles. The lowest BCUT2D eigenvalue weighted by atomic mass is 9.79. The highest BCUT2D eigenvalue weighted by Gasteiger charge is 2.33. The molecule has 2 aliphatic carbocycles. The first-order valence-corrected chi connectivity index (χ1v) is 11.4. The molecule has 0 saturated heterocycles. The van der Waals surface area contributed by atoms with E-state index < -0.39 is 0 Å². The summed E-state index contributed by atoms with van der Waals surface area (Å²) in [5.41, 5.74) is 7.39. The Labute approximate surface area is 183 Å². The maximum absolute atomic E-state index is 14.3. The molecule has 2 N–H and O–H groups in total. The van der Waals surface area contributed by atoms with Crippen LogP contribution in [0.3, 0.4) is 0 Å². The van der Waals surface area contributed by atoms with Gasteiger partial charge in [-0.1, -0.05) is 12.1 Å². The van der Waals surface area contributed by atoms with E-state index in [1.54, 1.807) is 13.2 Å². The van der Waals surface area contributed by atoms with Gasteiger partial charge in [0.1, 0.15) is 17.3 Å². The number of carbonyl (C=O) groups is 1. The van der Waals surface area contributed by atoms with Gasteiger partial charge in [0.05, 0.1) is 13.7 Å². The normalized spacial score (nSPS) is 22.0. The van der Waals surface area contributed by atoms with Crippen molar-refractivity contribution in [3.63, 3.8) is 0 Å². The van der Waals surface area contributed by atoms with Crippen LogP contribution in [0.4, 0.5) is 4.39 Å². The van der Waals surface area contributed by atoms with Gasteiger partial charge in [-0.2, -0.15) is 0 Å². The van der Waals surface area contributed by atoms with Crippen LogP contribution in [0.25, 0.3) is 0 Å². The van der Waals surface area contributed by atoms with Gasteiger partial charge in [-0.25, -0.2) is 4.39 Å². The number of carbonyl (C=O) groups excluding carboxylic acids is 1. The van der Waals surface area contributed by atoms with Crippen molar-refractivity contribution in [3.8, 4) is 11.5 Å². The molecule has 2 aromatic carbocycles. The van der Waals surface area contributed by atoms with Crippen molar-refractivity contribution in [2.75, 3.05) is 13.7 Å². The summed E-state index contributed by atoms with van der Waals surface area (Å²) in [7, 11) is 1.61. The highest BCUT2D eigenvalue weighted by molar-refractivity contribution is 5.75. The van der Waals surface area contributed by atoms with Crippen molar-refractivity contribution < 1.29 is 18.7 Å². The van der Waals surface area contributed by atoms with Gasteiger partial charge >= 0.3 is 0 Å². The lowest BCUT2D eigenvalue weighted by molar-refractivity contribution is -0.118. The number of halogens is 1. The standard InChI is InChI=1S/C26H32FNO3/c1-30-21-11-12-25(27)24(14-21)19-7-5-17(6-8-19)16-31-22-4-2-3-20(13-22)23(15-26(28)29)18-9-10-18/h2-4,11-14,17-19,23H,5-10,15-16H2,1H3,(H2,28,29)/t17-,19+,23?. The lowest BCUT2D eigenvalue weighted by Crippen LogP contribution is -2.20. The third-order valence-corrected chi connectivity index (χ3v) is 6.87. The minimum Gasteiger partial charge on any atom is -0.497 e. The van der Waals surface area contributed by atoms with Crippen molar-refractivity contribution in [1.82, 2.24) is 0 Å². The topological polar surface area (TPSA) is 61.6 Å². The monoisotopic (exact) mass is 425 g/mol. The van der Waals surface area contributed by atoms with Gasteiger partial charge in [-0.05, 0) is 104 Å². The second kappa shape index (κ2) is 9.71. The van der Waals surface area contributed by atoms with E-state index in [0.717, 1.165) is 42.6 Å². The minimum atomic E-state index is -0.243. The average Bonchev–Trinajstić information content (AvgIpc) is 3.62. The Morgan fingerprint density at radius 3 is 2.52 bits per heavy atom. The predicted molar refractivity (Wildman–Crippen MR) is 119 cm³/mol. The molecular formula is C26H32FNO3. The molecule has 1 amide bonds. The Morgan fingerprint density at radius 1 is 1.06 bits per heavy atom. The van der Waals surface area contributed by atoms with E-state index in [0.29, 0.717) is 30.6 Å². The fraction of sp³-hybridized carbons (Fsp3) is 0.500. The van der Waals surface area contributed by atoms with Crippen LogP contribution in [0.2, 0.25) is 0 Å². The van der Waals surface area contributed by atoms with Crippen LogP contribution < -0.4 is 15.2 Å². The van der Waals surface area contributed by atoms with Gasteiger partial charge in [0.15, 0.2) is 0 Å². The second-order valence-electron chi connectivity index (χ2n) is 9.10. The van der Waals surface area contributed by atoms with Crippen molar-refractivity contribution >= 4 is 5.91 Å². The Morgan fingerprint density at radius 2 is 1.84 bits per heavy atom. The molecular weight excluding hydrogens is 393 g/mol. The zero-order chi connectivity index (χ0) is 21.8. The summed E-state index contributed by atoms with van der Waals surface area (Å²) >= 11 is 0. The lowest BCUT2D eigenvalue weighted by Gasteiger charge is -2.29. The Kier molecular flexibility index (Phi) is 6.79. The summed E-state index contributed by atoms with van der Waals surface area (Å²) in [6.07, 6.45) is 6.70. The van der Waals surface area contributed by atoms with Gasteiger partial charge in [0, 0.05) is 6.42 Å². The number of rotatable bonds is 9. The Bertz CT molecular complexity index is 903. The third-order valence-electron chi connectivity index (χ3n) is 6.87. The molecule has 0 heterocycles. The van der Waals surface area contributed by atoms with Crippen LogP contribution in [0.5, 0.6) is 11.5 Å². The molecule has 0 spiro atoms. The number of ether oxygens (including phenoxy) is 2. The van der Waals surface area contributed by atoms with Crippen LogP contribution >= 0.6 is 0 Å². The van der Waals surface area contributed by atoms with Crippen molar-refractivity contribution in [2.45, 2.75) is 56.8 Å². The minimum absolute atomic E-state index is 0.140. The van der Waals surface area contributed by atoms with Gasteiger partial charge in [-0.3, -0.25) is 4.79 Å². The molecule has 5 heteroatoms. The van der Waals surface area contributed by atoms with E-state index in [1.807, 2.05) is 18.2 Å². The molecule has 4 rings (SSSR count). The van der Waals surface area contributed by atoms with Gasteiger partial charge in [-0.15, -0.1) is 0 Å². The molecule has 166 valence electrons. The van der Waals surface area contributed by atoms with Crippen LogP contribution in [0.1, 0.15) is 67.9 Å². The van der Waals surface area contributed by atoms with Crippen molar-refractivity contribution in [2.24, 2.45) is 17.6 Å². The first-order chi connectivity index (χ1) is 15.0. The largest absolute Gasteiger partial charge is 0.497 e. The molecule has 1 atom stereocenters. The fourth-order valence-electron chi connectivity index (χ4n) is 4.92. The first-order valence-electron chi connectivity index (χ1n) is 11.4. The molecule has 0 aromatic heterocycles. The zero-order valence-electron chi connectivity index (χ0n) is 18.2. The summed E-state index contributed by atoms with van der Waals surface area (Å²) < 4.78 is 25.7. The van der Waals surface area contributed by atoms with Crippen LogP contribution in [-0.4, -0.2) is 19.6 Å². The summed E-state index contributed by atoms with van der Waals surface area (Å²) in [6, 6.07) is 13.1. The van der Waals surface area contributed by atoms with E-state index in [2.05, 4.69) is 12.1 Å². The molecule has 2 fully saturated rings. The summed E-state index contributed by atoms with van der Waals surface area (Å²) in [4.78, 5) is 11.5. The molecule has 0 radical (unpaired) electrons. The quantitative estimate of drug-likeness (QED) is 0.572. The fourth-order valence-corrected chi connectivity index (χ4v) is 4.92. The third kappa shape index (κ3) is 5.57. The summed E-state index contributed by atoms with van der Waals surface area (Å²) in [5, 5.41) is 0. The molecule has 0 bridgehead atoms. The Hall–Kier alpha value is -2.56. The molecule has 2 aliphatic rings. The first kappa shape index (κ1) is 21.7. The number of primary amides is 1. The van der Waals surface area contributed by atoms with E-state index in [-0.39, 0.29) is 23.6 Å². The number of benzene rings is 2. The van der Waals surface area contributed by atoms with Gasteiger partial charge in [0.25, 0.3) is 0 Å². The maximum atomic E-state index is 14.3. The summed E-state index contributed by atoms with van der Waals surface area (Å²) in [5.74, 6) is 2.66. The number of hydrogen-bond donors (Lipinski definition) is 1. The highest BCUT2D eigenvalue weighted by atomic mass is 19.1. The van der Waals surface area contributed by atoms with E-state index in [9.17, 15) is 9.18 Å². The average molecular weight is 426 g/mol. The SMILES string of the molecule is COc1ccc(F)c([C@H]2CC[C@@H](COc3cccc(C(CC(N)=O)C4CC4)c3)CC2)c1. The smallest absolute Gasteiger partial charge is 0.218 e. The van der Waals surface area contributed by atoms with Gasteiger partial charge in [0.2, 0.25) is 5.91 Å². The highest BCUT2D eigenvalue weighted by Crippen LogP contribution is 2.45. The van der Waals surface area contributed by atoms with Gasteiger partial charge < -0.3 is 15.2 Å². The van der Waals surface area contributed by atoms with E-state index >= 15 is 0 Å². The maximum Gasteiger partial charge on any atom is 0.218 e. The van der Waals surface area contributed by atoms with E-state index in [1.165, 1.54) is 18.9 Å². The molecule has 2 saturated carbocycles. The predicted octanol–water partition coefficient (Wildman–Crippen LogP) is 5.56. The van der Waals surface area contributed by atoms with Crippen LogP contribution in [0.15, 0.2) is 42.5 Å². The van der Waals surface area contributed by atoms with Crippen LogP contribution in [-0.2, 0) is 4.79 Å². The second-order valence-corrected chi connectivity index (χ2v) is 9.10.